The normalized spacial score (nSPS) is 11.0. The standard InChI is InChI=1S/C30H21FN4O/c31-24-11-9-22(10-12-24)29-28(21-13-15-32-16-14-21)27(26-18-33-35-30(26)34-29)23-7-4-8-25(17-23)36-19-20-5-2-1-3-6-20/h1-18H,19H2,(H,33,34,35). The van der Waals surface area contributed by atoms with Crippen LogP contribution in [0.3, 0.4) is 0 Å². The molecule has 0 aliphatic heterocycles. The van der Waals surface area contributed by atoms with Crippen LogP contribution in [0.1, 0.15) is 5.56 Å². The van der Waals surface area contributed by atoms with Crippen molar-refractivity contribution in [3.63, 3.8) is 0 Å². The highest BCUT2D eigenvalue weighted by molar-refractivity contribution is 6.06. The SMILES string of the molecule is Fc1ccc(-c2nc3[nH]ncc3c(-c3cccc(OCc4ccccc4)c3)c2-c2ccncc2)cc1. The summed E-state index contributed by atoms with van der Waals surface area (Å²) in [6.45, 7) is 0.472. The lowest BCUT2D eigenvalue weighted by Crippen LogP contribution is -1.97. The quantitative estimate of drug-likeness (QED) is 0.282. The minimum absolute atomic E-state index is 0.296. The summed E-state index contributed by atoms with van der Waals surface area (Å²) in [5, 5.41) is 8.17. The van der Waals surface area contributed by atoms with Gasteiger partial charge in [-0.25, -0.2) is 9.37 Å². The van der Waals surface area contributed by atoms with Gasteiger partial charge < -0.3 is 4.74 Å². The number of fused-ring (bicyclic) bond motifs is 1. The van der Waals surface area contributed by atoms with Crippen LogP contribution >= 0.6 is 0 Å². The molecule has 0 saturated carbocycles. The van der Waals surface area contributed by atoms with Crippen LogP contribution in [0.15, 0.2) is 110 Å². The van der Waals surface area contributed by atoms with Crippen LogP contribution in [0.5, 0.6) is 5.75 Å². The smallest absolute Gasteiger partial charge is 0.156 e. The predicted molar refractivity (Wildman–Crippen MR) is 139 cm³/mol. The van der Waals surface area contributed by atoms with E-state index in [9.17, 15) is 4.39 Å². The van der Waals surface area contributed by atoms with Gasteiger partial charge in [-0.2, -0.15) is 5.10 Å². The molecule has 174 valence electrons. The topological polar surface area (TPSA) is 63.7 Å². The summed E-state index contributed by atoms with van der Waals surface area (Å²) >= 11 is 0. The van der Waals surface area contributed by atoms with E-state index in [2.05, 4.69) is 21.2 Å². The highest BCUT2D eigenvalue weighted by Crippen LogP contribution is 2.43. The number of hydrogen-bond donors (Lipinski definition) is 1. The molecule has 0 unspecified atom stereocenters. The van der Waals surface area contributed by atoms with Crippen molar-refractivity contribution in [2.45, 2.75) is 6.61 Å². The van der Waals surface area contributed by atoms with E-state index >= 15 is 0 Å². The van der Waals surface area contributed by atoms with Crippen LogP contribution in [-0.4, -0.2) is 20.2 Å². The minimum atomic E-state index is -0.296. The molecule has 3 aromatic heterocycles. The first-order valence-corrected chi connectivity index (χ1v) is 11.6. The van der Waals surface area contributed by atoms with Crippen molar-refractivity contribution in [1.29, 1.82) is 0 Å². The molecular formula is C30H21FN4O. The van der Waals surface area contributed by atoms with E-state index in [-0.39, 0.29) is 5.82 Å². The van der Waals surface area contributed by atoms with E-state index in [0.29, 0.717) is 12.3 Å². The van der Waals surface area contributed by atoms with E-state index in [4.69, 9.17) is 9.72 Å². The molecular weight excluding hydrogens is 451 g/mol. The van der Waals surface area contributed by atoms with Gasteiger partial charge in [-0.15, -0.1) is 0 Å². The van der Waals surface area contributed by atoms with Crippen molar-refractivity contribution in [1.82, 2.24) is 20.2 Å². The van der Waals surface area contributed by atoms with E-state index < -0.39 is 0 Å². The summed E-state index contributed by atoms with van der Waals surface area (Å²) < 4.78 is 19.9. The maximum Gasteiger partial charge on any atom is 0.156 e. The lowest BCUT2D eigenvalue weighted by Gasteiger charge is -2.17. The van der Waals surface area contributed by atoms with Crippen molar-refractivity contribution in [2.24, 2.45) is 0 Å². The molecule has 0 atom stereocenters. The predicted octanol–water partition coefficient (Wildman–Crippen LogP) is 7.07. The number of H-pyrrole nitrogens is 1. The molecule has 6 aromatic rings. The van der Waals surface area contributed by atoms with Crippen LogP contribution in [0.25, 0.3) is 44.5 Å². The third-order valence-corrected chi connectivity index (χ3v) is 6.06. The fourth-order valence-electron chi connectivity index (χ4n) is 4.37. The lowest BCUT2D eigenvalue weighted by molar-refractivity contribution is 0.306. The van der Waals surface area contributed by atoms with Gasteiger partial charge in [0.25, 0.3) is 0 Å². The molecule has 0 spiro atoms. The number of aromatic nitrogens is 4. The third-order valence-electron chi connectivity index (χ3n) is 6.06. The Morgan fingerprint density at radius 3 is 2.36 bits per heavy atom. The largest absolute Gasteiger partial charge is 0.489 e. The average Bonchev–Trinajstić information content (AvgIpc) is 3.41. The second kappa shape index (κ2) is 9.43. The summed E-state index contributed by atoms with van der Waals surface area (Å²) in [6.07, 6.45) is 5.30. The van der Waals surface area contributed by atoms with Gasteiger partial charge in [0.05, 0.1) is 11.9 Å². The molecule has 0 aliphatic carbocycles. The van der Waals surface area contributed by atoms with Crippen LogP contribution < -0.4 is 4.74 Å². The molecule has 3 aromatic carbocycles. The molecule has 6 heteroatoms. The highest BCUT2D eigenvalue weighted by atomic mass is 19.1. The molecule has 6 rings (SSSR count). The maximum absolute atomic E-state index is 13.8. The first kappa shape index (κ1) is 21.7. The highest BCUT2D eigenvalue weighted by Gasteiger charge is 2.21. The number of nitrogens with one attached hydrogen (secondary N) is 1. The Kier molecular flexibility index (Phi) is 5.68. The van der Waals surface area contributed by atoms with Crippen molar-refractivity contribution in [2.75, 3.05) is 0 Å². The third kappa shape index (κ3) is 4.20. The van der Waals surface area contributed by atoms with E-state index in [1.165, 1.54) is 12.1 Å². The molecule has 5 nitrogen and oxygen atoms in total. The Labute approximate surface area is 207 Å². The van der Waals surface area contributed by atoms with Gasteiger partial charge in [-0.05, 0) is 65.2 Å². The van der Waals surface area contributed by atoms with Crippen LogP contribution in [0.4, 0.5) is 4.39 Å². The van der Waals surface area contributed by atoms with Gasteiger partial charge in [-0.1, -0.05) is 42.5 Å². The van der Waals surface area contributed by atoms with Crippen molar-refractivity contribution >= 4 is 11.0 Å². The summed E-state index contributed by atoms with van der Waals surface area (Å²) in [6, 6.07) is 28.4. The fraction of sp³-hybridized carbons (Fsp3) is 0.0333. The number of aromatic amines is 1. The fourth-order valence-corrected chi connectivity index (χ4v) is 4.37. The maximum atomic E-state index is 13.8. The minimum Gasteiger partial charge on any atom is -0.489 e. The van der Waals surface area contributed by atoms with Crippen molar-refractivity contribution in [3.05, 3.63) is 121 Å². The first-order valence-electron chi connectivity index (χ1n) is 11.6. The summed E-state index contributed by atoms with van der Waals surface area (Å²) in [5.74, 6) is 0.462. The second-order valence-electron chi connectivity index (χ2n) is 8.39. The Bertz CT molecular complexity index is 1630. The zero-order valence-electron chi connectivity index (χ0n) is 19.2. The Hall–Kier alpha value is -4.84. The van der Waals surface area contributed by atoms with Gasteiger partial charge >= 0.3 is 0 Å². The van der Waals surface area contributed by atoms with Crippen molar-refractivity contribution < 1.29 is 9.13 Å². The van der Waals surface area contributed by atoms with Crippen LogP contribution in [0, 0.1) is 5.82 Å². The Morgan fingerprint density at radius 1 is 0.750 bits per heavy atom. The first-order chi connectivity index (χ1) is 17.8. The zero-order valence-corrected chi connectivity index (χ0v) is 19.2. The number of rotatable bonds is 6. The van der Waals surface area contributed by atoms with E-state index in [1.54, 1.807) is 30.7 Å². The average molecular weight is 473 g/mol. The van der Waals surface area contributed by atoms with Crippen LogP contribution in [-0.2, 0) is 6.61 Å². The molecule has 36 heavy (non-hydrogen) atoms. The lowest BCUT2D eigenvalue weighted by atomic mass is 9.89. The number of hydrogen-bond acceptors (Lipinski definition) is 4. The monoisotopic (exact) mass is 472 g/mol. The van der Waals surface area contributed by atoms with Crippen LogP contribution in [0.2, 0.25) is 0 Å². The number of ether oxygens (including phenoxy) is 1. The Morgan fingerprint density at radius 2 is 1.56 bits per heavy atom. The molecule has 0 amide bonds. The molecule has 0 fully saturated rings. The van der Waals surface area contributed by atoms with Gasteiger partial charge in [0.15, 0.2) is 5.65 Å². The Balaban J connectivity index is 1.55. The van der Waals surface area contributed by atoms with Gasteiger partial charge in [-0.3, -0.25) is 10.1 Å². The van der Waals surface area contributed by atoms with Crippen molar-refractivity contribution in [3.8, 4) is 39.3 Å². The molecule has 0 saturated heterocycles. The van der Waals surface area contributed by atoms with Gasteiger partial charge in [0.1, 0.15) is 18.2 Å². The molecule has 0 bridgehead atoms. The van der Waals surface area contributed by atoms with Gasteiger partial charge in [0.2, 0.25) is 0 Å². The van der Waals surface area contributed by atoms with Gasteiger partial charge in [0, 0.05) is 34.5 Å². The zero-order chi connectivity index (χ0) is 24.3. The summed E-state index contributed by atoms with van der Waals surface area (Å²) in [7, 11) is 0. The molecule has 1 N–H and O–H groups in total. The molecule has 3 heterocycles. The summed E-state index contributed by atoms with van der Waals surface area (Å²) in [4.78, 5) is 9.10. The number of nitrogens with zero attached hydrogens (tertiary/aromatic N) is 3. The van der Waals surface area contributed by atoms with E-state index in [1.807, 2.05) is 60.7 Å². The van der Waals surface area contributed by atoms with E-state index in [0.717, 1.165) is 50.2 Å². The number of benzene rings is 3. The summed E-state index contributed by atoms with van der Waals surface area (Å²) in [5.41, 5.74) is 7.07. The second-order valence-corrected chi connectivity index (χ2v) is 8.39. The molecule has 0 radical (unpaired) electrons. The molecule has 0 aliphatic rings. The number of halogens is 1. The number of pyridine rings is 2.